The SMILES string of the molecule is CCN1CC(C2CC2)NCCC1C. The van der Waals surface area contributed by atoms with Crippen molar-refractivity contribution in [3.8, 4) is 0 Å². The fourth-order valence-corrected chi connectivity index (χ4v) is 2.41. The predicted octanol–water partition coefficient (Wildman–Crippen LogP) is 1.47. The molecule has 1 N–H and O–H groups in total. The van der Waals surface area contributed by atoms with Gasteiger partial charge in [0.05, 0.1) is 0 Å². The Bertz CT molecular complexity index is 165. The van der Waals surface area contributed by atoms with Crippen LogP contribution in [0.25, 0.3) is 0 Å². The van der Waals surface area contributed by atoms with Crippen molar-refractivity contribution in [2.45, 2.75) is 45.2 Å². The van der Waals surface area contributed by atoms with Crippen molar-refractivity contribution in [3.63, 3.8) is 0 Å². The van der Waals surface area contributed by atoms with Crippen molar-refractivity contribution in [2.75, 3.05) is 19.6 Å². The first-order chi connectivity index (χ1) is 6.31. The average Bonchev–Trinajstić information content (AvgIpc) is 2.90. The lowest BCUT2D eigenvalue weighted by Gasteiger charge is -2.27. The van der Waals surface area contributed by atoms with Crippen molar-refractivity contribution >= 4 is 0 Å². The molecule has 2 fully saturated rings. The number of nitrogens with zero attached hydrogens (tertiary/aromatic N) is 1. The van der Waals surface area contributed by atoms with E-state index < -0.39 is 0 Å². The lowest BCUT2D eigenvalue weighted by atomic mass is 10.1. The van der Waals surface area contributed by atoms with Crippen molar-refractivity contribution in [3.05, 3.63) is 0 Å². The Morgan fingerprint density at radius 3 is 2.69 bits per heavy atom. The van der Waals surface area contributed by atoms with Gasteiger partial charge in [0.15, 0.2) is 0 Å². The second-order valence-corrected chi connectivity index (χ2v) is 4.62. The van der Waals surface area contributed by atoms with Crippen LogP contribution in [0.2, 0.25) is 0 Å². The van der Waals surface area contributed by atoms with E-state index in [4.69, 9.17) is 0 Å². The Morgan fingerprint density at radius 2 is 2.08 bits per heavy atom. The molecule has 2 rings (SSSR count). The topological polar surface area (TPSA) is 15.3 Å². The fraction of sp³-hybridized carbons (Fsp3) is 1.00. The summed E-state index contributed by atoms with van der Waals surface area (Å²) in [6.45, 7) is 8.36. The fourth-order valence-electron chi connectivity index (χ4n) is 2.41. The molecule has 1 aliphatic carbocycles. The minimum atomic E-state index is 0.779. The highest BCUT2D eigenvalue weighted by Crippen LogP contribution is 2.33. The Hall–Kier alpha value is -0.0800. The number of rotatable bonds is 2. The molecule has 2 atom stereocenters. The molecule has 2 nitrogen and oxygen atoms in total. The molecule has 0 amide bonds. The third kappa shape index (κ3) is 2.23. The smallest absolute Gasteiger partial charge is 0.0223 e. The van der Waals surface area contributed by atoms with Crippen LogP contribution in [0.4, 0.5) is 0 Å². The van der Waals surface area contributed by atoms with E-state index in [-0.39, 0.29) is 0 Å². The van der Waals surface area contributed by atoms with Crippen molar-refractivity contribution in [2.24, 2.45) is 5.92 Å². The second kappa shape index (κ2) is 3.97. The zero-order valence-corrected chi connectivity index (χ0v) is 8.92. The molecule has 0 aromatic rings. The van der Waals surface area contributed by atoms with Gasteiger partial charge >= 0.3 is 0 Å². The number of hydrogen-bond donors (Lipinski definition) is 1. The lowest BCUT2D eigenvalue weighted by Crippen LogP contribution is -2.41. The van der Waals surface area contributed by atoms with E-state index in [1.807, 2.05) is 0 Å². The summed E-state index contributed by atoms with van der Waals surface area (Å²) in [5.41, 5.74) is 0. The van der Waals surface area contributed by atoms with Crippen LogP contribution in [-0.2, 0) is 0 Å². The first-order valence-electron chi connectivity index (χ1n) is 5.78. The van der Waals surface area contributed by atoms with Gasteiger partial charge in [0, 0.05) is 18.6 Å². The van der Waals surface area contributed by atoms with E-state index in [1.54, 1.807) is 0 Å². The Kier molecular flexibility index (Phi) is 2.89. The highest BCUT2D eigenvalue weighted by molar-refractivity contribution is 4.91. The Balaban J connectivity index is 1.92. The van der Waals surface area contributed by atoms with E-state index in [2.05, 4.69) is 24.1 Å². The van der Waals surface area contributed by atoms with Gasteiger partial charge in [0.25, 0.3) is 0 Å². The molecule has 0 spiro atoms. The first kappa shape index (κ1) is 9.47. The zero-order chi connectivity index (χ0) is 9.26. The van der Waals surface area contributed by atoms with Gasteiger partial charge in [-0.2, -0.15) is 0 Å². The average molecular weight is 182 g/mol. The minimum Gasteiger partial charge on any atom is -0.312 e. The number of hydrogen-bond acceptors (Lipinski definition) is 2. The van der Waals surface area contributed by atoms with Crippen LogP contribution in [0.15, 0.2) is 0 Å². The summed E-state index contributed by atoms with van der Waals surface area (Å²) in [4.78, 5) is 2.63. The van der Waals surface area contributed by atoms with Gasteiger partial charge < -0.3 is 5.32 Å². The maximum atomic E-state index is 3.70. The summed E-state index contributed by atoms with van der Waals surface area (Å²) >= 11 is 0. The molecule has 1 saturated carbocycles. The van der Waals surface area contributed by atoms with Gasteiger partial charge in [-0.05, 0) is 45.2 Å². The highest BCUT2D eigenvalue weighted by Gasteiger charge is 2.33. The van der Waals surface area contributed by atoms with E-state index in [9.17, 15) is 0 Å². The van der Waals surface area contributed by atoms with Gasteiger partial charge in [-0.3, -0.25) is 4.90 Å². The van der Waals surface area contributed by atoms with Crippen LogP contribution < -0.4 is 5.32 Å². The second-order valence-electron chi connectivity index (χ2n) is 4.62. The maximum Gasteiger partial charge on any atom is 0.0223 e. The van der Waals surface area contributed by atoms with Crippen LogP contribution in [0, 0.1) is 5.92 Å². The highest BCUT2D eigenvalue weighted by atomic mass is 15.2. The zero-order valence-electron chi connectivity index (χ0n) is 8.92. The molecule has 2 aliphatic rings. The van der Waals surface area contributed by atoms with Gasteiger partial charge in [0.2, 0.25) is 0 Å². The summed E-state index contributed by atoms with van der Waals surface area (Å²) in [6.07, 6.45) is 4.24. The monoisotopic (exact) mass is 182 g/mol. The molecule has 0 aromatic heterocycles. The van der Waals surface area contributed by atoms with Gasteiger partial charge in [-0.1, -0.05) is 6.92 Å². The molecule has 0 bridgehead atoms. The summed E-state index contributed by atoms with van der Waals surface area (Å²) in [7, 11) is 0. The summed E-state index contributed by atoms with van der Waals surface area (Å²) in [5, 5.41) is 3.70. The van der Waals surface area contributed by atoms with E-state index in [0.717, 1.165) is 18.0 Å². The summed E-state index contributed by atoms with van der Waals surface area (Å²) in [5.74, 6) is 0.999. The molecule has 1 saturated heterocycles. The van der Waals surface area contributed by atoms with Gasteiger partial charge in [-0.15, -0.1) is 0 Å². The summed E-state index contributed by atoms with van der Waals surface area (Å²) in [6, 6.07) is 1.58. The third-order valence-electron chi connectivity index (χ3n) is 3.62. The molecule has 13 heavy (non-hydrogen) atoms. The lowest BCUT2D eigenvalue weighted by molar-refractivity contribution is 0.210. The predicted molar refractivity (Wildman–Crippen MR) is 55.8 cm³/mol. The van der Waals surface area contributed by atoms with E-state index in [0.29, 0.717) is 0 Å². The quantitative estimate of drug-likeness (QED) is 0.695. The summed E-state index contributed by atoms with van der Waals surface area (Å²) < 4.78 is 0. The third-order valence-corrected chi connectivity index (χ3v) is 3.62. The minimum absolute atomic E-state index is 0.779. The van der Waals surface area contributed by atoms with Crippen LogP contribution >= 0.6 is 0 Å². The maximum absolute atomic E-state index is 3.70. The van der Waals surface area contributed by atoms with Crippen molar-refractivity contribution in [1.82, 2.24) is 10.2 Å². The van der Waals surface area contributed by atoms with Crippen LogP contribution in [0.1, 0.15) is 33.1 Å². The number of likely N-dealkylation sites (N-methyl/N-ethyl adjacent to an activating group) is 1. The molecule has 1 aliphatic heterocycles. The van der Waals surface area contributed by atoms with Crippen LogP contribution in [0.5, 0.6) is 0 Å². The van der Waals surface area contributed by atoms with E-state index >= 15 is 0 Å². The number of nitrogens with one attached hydrogen (secondary N) is 1. The van der Waals surface area contributed by atoms with Gasteiger partial charge in [0.1, 0.15) is 0 Å². The van der Waals surface area contributed by atoms with Crippen molar-refractivity contribution in [1.29, 1.82) is 0 Å². The molecular formula is C11H22N2. The molecule has 0 radical (unpaired) electrons. The van der Waals surface area contributed by atoms with Crippen LogP contribution in [-0.4, -0.2) is 36.6 Å². The Morgan fingerprint density at radius 1 is 1.31 bits per heavy atom. The van der Waals surface area contributed by atoms with Gasteiger partial charge in [-0.25, -0.2) is 0 Å². The molecule has 2 unspecified atom stereocenters. The standard InChI is InChI=1S/C11H22N2/c1-3-13-8-11(10-4-5-10)12-7-6-9(13)2/h9-12H,3-8H2,1-2H3. The molecule has 76 valence electrons. The molecule has 1 heterocycles. The normalized spacial score (nSPS) is 37.4. The largest absolute Gasteiger partial charge is 0.312 e. The Labute approximate surface area is 81.7 Å². The van der Waals surface area contributed by atoms with E-state index in [1.165, 1.54) is 38.9 Å². The van der Waals surface area contributed by atoms with Crippen molar-refractivity contribution < 1.29 is 0 Å². The molecular weight excluding hydrogens is 160 g/mol. The first-order valence-corrected chi connectivity index (χ1v) is 5.78. The molecule has 2 heteroatoms. The van der Waals surface area contributed by atoms with Crippen LogP contribution in [0.3, 0.4) is 0 Å². The molecule has 0 aromatic carbocycles.